The van der Waals surface area contributed by atoms with Crippen molar-refractivity contribution in [3.8, 4) is 5.75 Å². The summed E-state index contributed by atoms with van der Waals surface area (Å²) in [5.41, 5.74) is 1.05. The number of aliphatic hydroxyl groups excluding tert-OH is 1. The minimum atomic E-state index is -0.983. The van der Waals surface area contributed by atoms with Gasteiger partial charge in [0, 0.05) is 11.3 Å². The summed E-state index contributed by atoms with van der Waals surface area (Å²) in [5, 5.41) is 11.5. The molecular weight excluding hydrogens is 493 g/mol. The molecule has 0 bridgehead atoms. The van der Waals surface area contributed by atoms with Crippen LogP contribution in [-0.4, -0.2) is 37.0 Å². The molecule has 3 aromatic rings. The summed E-state index contributed by atoms with van der Waals surface area (Å²) in [5.74, 6) is -2.60. The Balaban J connectivity index is 1.94. The van der Waals surface area contributed by atoms with E-state index in [0.29, 0.717) is 5.56 Å². The van der Waals surface area contributed by atoms with Gasteiger partial charge in [0.15, 0.2) is 5.75 Å². The van der Waals surface area contributed by atoms with Gasteiger partial charge in [0.25, 0.3) is 11.7 Å². The van der Waals surface area contributed by atoms with Crippen LogP contribution in [0.25, 0.3) is 5.76 Å². The number of ketones is 1. The first kappa shape index (κ1) is 24.3. The van der Waals surface area contributed by atoms with E-state index in [1.54, 1.807) is 42.5 Å². The Labute approximate surface area is 211 Å². The van der Waals surface area contributed by atoms with Crippen LogP contribution < -0.4 is 9.64 Å². The molecule has 4 rings (SSSR count). The molecule has 1 atom stereocenters. The number of hydrogen-bond donors (Lipinski definition) is 1. The van der Waals surface area contributed by atoms with Gasteiger partial charge in [-0.2, -0.15) is 0 Å². The molecule has 1 N–H and O–H groups in total. The van der Waals surface area contributed by atoms with Crippen molar-refractivity contribution in [2.45, 2.75) is 6.04 Å². The third-order valence-electron chi connectivity index (χ3n) is 5.58. The van der Waals surface area contributed by atoms with Gasteiger partial charge in [0.05, 0.1) is 41.4 Å². The maximum absolute atomic E-state index is 13.3. The smallest absolute Gasteiger partial charge is 0.337 e. The molecule has 9 heteroatoms. The standard InChI is InChI=1S/C26H19Cl2NO6/c1-34-24-18(27)12-16(13-19(24)28)22(30)20-21(14-7-4-3-5-8-14)29(25(32)23(20)31)17-10-6-9-15(11-17)26(33)35-2/h3-13,21,30H,1-2H3/b22-20+. The summed E-state index contributed by atoms with van der Waals surface area (Å²) >= 11 is 12.5. The molecule has 0 aliphatic carbocycles. The minimum absolute atomic E-state index is 0.123. The Kier molecular flexibility index (Phi) is 6.82. The zero-order chi connectivity index (χ0) is 25.3. The number of Topliss-reactive ketones (excluding diaryl/α,β-unsaturated/α-hetero) is 1. The van der Waals surface area contributed by atoms with E-state index in [1.165, 1.54) is 43.4 Å². The van der Waals surface area contributed by atoms with E-state index in [-0.39, 0.29) is 38.2 Å². The highest BCUT2D eigenvalue weighted by Gasteiger charge is 2.47. The third kappa shape index (κ3) is 4.36. The Morgan fingerprint density at radius 2 is 1.57 bits per heavy atom. The van der Waals surface area contributed by atoms with Gasteiger partial charge in [0.2, 0.25) is 0 Å². The quantitative estimate of drug-likeness (QED) is 0.213. The largest absolute Gasteiger partial charge is 0.507 e. The van der Waals surface area contributed by atoms with Crippen LogP contribution in [0.3, 0.4) is 0 Å². The van der Waals surface area contributed by atoms with Gasteiger partial charge in [-0.25, -0.2) is 4.79 Å². The lowest BCUT2D eigenvalue weighted by molar-refractivity contribution is -0.132. The molecule has 1 aliphatic heterocycles. The number of carbonyl (C=O) groups excluding carboxylic acids is 3. The summed E-state index contributed by atoms with van der Waals surface area (Å²) < 4.78 is 9.93. The van der Waals surface area contributed by atoms with Crippen LogP contribution in [0, 0.1) is 0 Å². The maximum Gasteiger partial charge on any atom is 0.337 e. The van der Waals surface area contributed by atoms with E-state index in [4.69, 9.17) is 32.7 Å². The van der Waals surface area contributed by atoms with E-state index >= 15 is 0 Å². The van der Waals surface area contributed by atoms with Crippen molar-refractivity contribution >= 4 is 52.3 Å². The van der Waals surface area contributed by atoms with Gasteiger partial charge >= 0.3 is 5.97 Å². The highest BCUT2D eigenvalue weighted by molar-refractivity contribution is 6.51. The number of benzene rings is 3. The second kappa shape index (κ2) is 9.82. The first-order chi connectivity index (χ1) is 16.8. The molecule has 1 amide bonds. The number of nitrogens with zero attached hydrogens (tertiary/aromatic N) is 1. The molecule has 0 radical (unpaired) electrons. The molecule has 7 nitrogen and oxygen atoms in total. The average Bonchev–Trinajstić information content (AvgIpc) is 3.13. The molecular formula is C26H19Cl2NO6. The topological polar surface area (TPSA) is 93.1 Å². The van der Waals surface area contributed by atoms with Gasteiger partial charge in [-0.3, -0.25) is 14.5 Å². The number of halogens is 2. The van der Waals surface area contributed by atoms with Gasteiger partial charge in [-0.15, -0.1) is 0 Å². The second-order valence-corrected chi connectivity index (χ2v) is 8.41. The Morgan fingerprint density at radius 1 is 0.914 bits per heavy atom. The predicted molar refractivity (Wildman–Crippen MR) is 132 cm³/mol. The molecule has 178 valence electrons. The SMILES string of the molecule is COC(=O)c1cccc(N2C(=O)C(=O)/C(=C(/O)c3cc(Cl)c(OC)c(Cl)c3)C2c2ccccc2)c1. The van der Waals surface area contributed by atoms with Crippen molar-refractivity contribution < 1.29 is 29.0 Å². The molecule has 1 heterocycles. The number of amides is 1. The Bertz CT molecular complexity index is 1350. The van der Waals surface area contributed by atoms with Crippen LogP contribution in [0.15, 0.2) is 72.3 Å². The summed E-state index contributed by atoms with van der Waals surface area (Å²) in [4.78, 5) is 39.8. The summed E-state index contributed by atoms with van der Waals surface area (Å²) in [7, 11) is 2.65. The zero-order valence-electron chi connectivity index (χ0n) is 18.6. The fourth-order valence-electron chi connectivity index (χ4n) is 4.00. The molecule has 0 spiro atoms. The minimum Gasteiger partial charge on any atom is -0.507 e. The van der Waals surface area contributed by atoms with Crippen LogP contribution in [-0.2, 0) is 14.3 Å². The lowest BCUT2D eigenvalue weighted by Gasteiger charge is -2.25. The first-order valence-corrected chi connectivity index (χ1v) is 11.1. The number of anilines is 1. The van der Waals surface area contributed by atoms with E-state index in [9.17, 15) is 19.5 Å². The second-order valence-electron chi connectivity index (χ2n) is 7.59. The molecule has 0 saturated carbocycles. The summed E-state index contributed by atoms with van der Waals surface area (Å²) in [6, 6.07) is 16.7. The van der Waals surface area contributed by atoms with Crippen molar-refractivity contribution in [2.24, 2.45) is 0 Å². The van der Waals surface area contributed by atoms with Gasteiger partial charge in [-0.05, 0) is 35.9 Å². The van der Waals surface area contributed by atoms with Crippen LogP contribution >= 0.6 is 23.2 Å². The first-order valence-electron chi connectivity index (χ1n) is 10.4. The zero-order valence-corrected chi connectivity index (χ0v) is 20.1. The fourth-order valence-corrected chi connectivity index (χ4v) is 4.64. The average molecular weight is 512 g/mol. The normalized spacial score (nSPS) is 16.9. The third-order valence-corrected chi connectivity index (χ3v) is 6.14. The van der Waals surface area contributed by atoms with Gasteiger partial charge < -0.3 is 14.6 Å². The number of ether oxygens (including phenoxy) is 2. The Hall–Kier alpha value is -3.81. The molecule has 1 fully saturated rings. The maximum atomic E-state index is 13.3. The van der Waals surface area contributed by atoms with E-state index in [0.717, 1.165) is 0 Å². The lowest BCUT2D eigenvalue weighted by Crippen LogP contribution is -2.29. The monoisotopic (exact) mass is 511 g/mol. The van der Waals surface area contributed by atoms with Crippen molar-refractivity contribution in [3.63, 3.8) is 0 Å². The van der Waals surface area contributed by atoms with Crippen molar-refractivity contribution in [2.75, 3.05) is 19.1 Å². The van der Waals surface area contributed by atoms with Gasteiger partial charge in [0.1, 0.15) is 5.76 Å². The fraction of sp³-hybridized carbons (Fsp3) is 0.115. The predicted octanol–water partition coefficient (Wildman–Crippen LogP) is 5.41. The number of hydrogen-bond acceptors (Lipinski definition) is 6. The molecule has 1 saturated heterocycles. The van der Waals surface area contributed by atoms with E-state index < -0.39 is 29.5 Å². The van der Waals surface area contributed by atoms with Crippen molar-refractivity contribution in [3.05, 3.63) is 99.0 Å². The molecule has 3 aromatic carbocycles. The van der Waals surface area contributed by atoms with E-state index in [1.807, 2.05) is 0 Å². The number of aliphatic hydroxyl groups is 1. The highest BCUT2D eigenvalue weighted by Crippen LogP contribution is 2.43. The highest BCUT2D eigenvalue weighted by atomic mass is 35.5. The summed E-state index contributed by atoms with van der Waals surface area (Å²) in [6.45, 7) is 0. The number of methoxy groups -OCH3 is 2. The van der Waals surface area contributed by atoms with Crippen LogP contribution in [0.5, 0.6) is 5.75 Å². The van der Waals surface area contributed by atoms with E-state index in [2.05, 4.69) is 0 Å². The lowest BCUT2D eigenvalue weighted by atomic mass is 9.95. The molecule has 0 aromatic heterocycles. The molecule has 35 heavy (non-hydrogen) atoms. The molecule has 1 unspecified atom stereocenters. The summed E-state index contributed by atoms with van der Waals surface area (Å²) in [6.07, 6.45) is 0. The van der Waals surface area contributed by atoms with Gasteiger partial charge in [-0.1, -0.05) is 59.6 Å². The van der Waals surface area contributed by atoms with Crippen LogP contribution in [0.1, 0.15) is 27.5 Å². The van der Waals surface area contributed by atoms with Crippen molar-refractivity contribution in [1.82, 2.24) is 0 Å². The number of carbonyl (C=O) groups is 3. The Morgan fingerprint density at radius 3 is 2.17 bits per heavy atom. The number of rotatable bonds is 5. The van der Waals surface area contributed by atoms with Crippen molar-refractivity contribution in [1.29, 1.82) is 0 Å². The molecule has 1 aliphatic rings. The van der Waals surface area contributed by atoms with Crippen LogP contribution in [0.2, 0.25) is 10.0 Å². The van der Waals surface area contributed by atoms with Crippen LogP contribution in [0.4, 0.5) is 5.69 Å². The number of esters is 1.